The van der Waals surface area contributed by atoms with Crippen LogP contribution in [0.25, 0.3) is 18.0 Å². The second kappa shape index (κ2) is 6.58. The maximum atomic E-state index is 9.60. The molecule has 0 unspecified atom stereocenters. The lowest BCUT2D eigenvalue weighted by atomic mass is 10.2. The summed E-state index contributed by atoms with van der Waals surface area (Å²) in [6.07, 6.45) is 5.47. The van der Waals surface area contributed by atoms with Gasteiger partial charge in [-0.1, -0.05) is 18.2 Å². The molecular formula is C17H15N3O2S. The third-order valence-corrected chi connectivity index (χ3v) is 3.54. The van der Waals surface area contributed by atoms with Crippen molar-refractivity contribution in [2.75, 3.05) is 7.11 Å². The van der Waals surface area contributed by atoms with Crippen molar-refractivity contribution in [1.82, 2.24) is 14.8 Å². The number of aromatic hydroxyl groups is 1. The van der Waals surface area contributed by atoms with Crippen molar-refractivity contribution >= 4 is 24.8 Å². The fourth-order valence-corrected chi connectivity index (χ4v) is 2.38. The van der Waals surface area contributed by atoms with Gasteiger partial charge in [0, 0.05) is 6.20 Å². The van der Waals surface area contributed by atoms with Crippen LogP contribution in [0, 0.1) is 0 Å². The van der Waals surface area contributed by atoms with Crippen molar-refractivity contribution in [1.29, 1.82) is 0 Å². The number of ether oxygens (including phenoxy) is 1. The zero-order valence-corrected chi connectivity index (χ0v) is 13.3. The highest BCUT2D eigenvalue weighted by atomic mass is 32.1. The highest BCUT2D eigenvalue weighted by molar-refractivity contribution is 7.80. The van der Waals surface area contributed by atoms with Crippen LogP contribution in [0.15, 0.2) is 53.7 Å². The average molecular weight is 325 g/mol. The van der Waals surface area contributed by atoms with Gasteiger partial charge in [-0.05, 0) is 42.0 Å². The molecule has 3 rings (SSSR count). The number of rotatable bonds is 4. The molecule has 0 aliphatic rings. The van der Waals surface area contributed by atoms with Crippen LogP contribution in [0.3, 0.4) is 0 Å². The molecule has 0 atom stereocenters. The fraction of sp³-hybridized carbons (Fsp3) is 0.0588. The van der Waals surface area contributed by atoms with E-state index in [9.17, 15) is 5.11 Å². The molecule has 23 heavy (non-hydrogen) atoms. The number of aromatic nitrogens is 3. The Labute approximate surface area is 139 Å². The smallest absolute Gasteiger partial charge is 0.161 e. The summed E-state index contributed by atoms with van der Waals surface area (Å²) in [7, 11) is 1.52. The summed E-state index contributed by atoms with van der Waals surface area (Å²) in [4.78, 5) is 4.26. The zero-order valence-electron chi connectivity index (χ0n) is 12.4. The van der Waals surface area contributed by atoms with Gasteiger partial charge in [-0.25, -0.2) is 9.67 Å². The van der Waals surface area contributed by atoms with Gasteiger partial charge in [-0.15, -0.1) is 12.6 Å². The topological polar surface area (TPSA) is 60.2 Å². The van der Waals surface area contributed by atoms with Crippen LogP contribution in [0.4, 0.5) is 0 Å². The van der Waals surface area contributed by atoms with Crippen molar-refractivity contribution in [3.05, 3.63) is 59.9 Å². The third-order valence-electron chi connectivity index (χ3n) is 3.23. The second-order valence-corrected chi connectivity index (χ2v) is 5.25. The highest BCUT2D eigenvalue weighted by Gasteiger charge is 2.06. The van der Waals surface area contributed by atoms with E-state index in [1.807, 2.05) is 36.4 Å². The van der Waals surface area contributed by atoms with Crippen LogP contribution in [0.2, 0.25) is 0 Å². The van der Waals surface area contributed by atoms with E-state index in [-0.39, 0.29) is 5.75 Å². The molecule has 0 saturated heterocycles. The van der Waals surface area contributed by atoms with Gasteiger partial charge in [0.25, 0.3) is 0 Å². The number of phenols is 1. The maximum absolute atomic E-state index is 9.60. The molecule has 6 heteroatoms. The molecule has 0 saturated carbocycles. The van der Waals surface area contributed by atoms with Gasteiger partial charge >= 0.3 is 0 Å². The summed E-state index contributed by atoms with van der Waals surface area (Å²) in [5, 5.41) is 14.8. The molecule has 2 aromatic heterocycles. The first-order valence-electron chi connectivity index (χ1n) is 6.93. The predicted octanol–water partition coefficient (Wildman–Crippen LogP) is 3.44. The molecule has 1 N–H and O–H groups in total. The molecule has 0 spiro atoms. The van der Waals surface area contributed by atoms with E-state index in [1.165, 1.54) is 7.11 Å². The van der Waals surface area contributed by atoms with E-state index in [0.717, 1.165) is 11.3 Å². The van der Waals surface area contributed by atoms with Crippen molar-refractivity contribution < 1.29 is 9.84 Å². The Morgan fingerprint density at radius 2 is 2.04 bits per heavy atom. The lowest BCUT2D eigenvalue weighted by Crippen LogP contribution is -1.99. The van der Waals surface area contributed by atoms with E-state index < -0.39 is 0 Å². The molecule has 0 radical (unpaired) electrons. The quantitative estimate of drug-likeness (QED) is 0.721. The van der Waals surface area contributed by atoms with Gasteiger partial charge in [0.2, 0.25) is 0 Å². The van der Waals surface area contributed by atoms with Gasteiger partial charge < -0.3 is 9.84 Å². The Morgan fingerprint density at radius 1 is 1.17 bits per heavy atom. The highest BCUT2D eigenvalue weighted by Crippen LogP contribution is 2.27. The molecule has 1 aromatic carbocycles. The number of nitrogens with zero attached hydrogens (tertiary/aromatic N) is 3. The third kappa shape index (κ3) is 3.37. The first kappa shape index (κ1) is 15.2. The Balaban J connectivity index is 1.86. The van der Waals surface area contributed by atoms with Crippen molar-refractivity contribution in [2.45, 2.75) is 5.03 Å². The average Bonchev–Trinajstić information content (AvgIpc) is 2.96. The molecule has 0 aliphatic carbocycles. The Kier molecular flexibility index (Phi) is 4.34. The largest absolute Gasteiger partial charge is 0.504 e. The Hall–Kier alpha value is -2.73. The van der Waals surface area contributed by atoms with Crippen molar-refractivity contribution in [2.24, 2.45) is 0 Å². The lowest BCUT2D eigenvalue weighted by molar-refractivity contribution is 0.373. The van der Waals surface area contributed by atoms with E-state index in [0.29, 0.717) is 16.6 Å². The maximum Gasteiger partial charge on any atom is 0.161 e. The van der Waals surface area contributed by atoms with Gasteiger partial charge in [-0.2, -0.15) is 5.10 Å². The SMILES string of the molecule is COc1cc(C=Cc2cc(S)n(-c3ccccn3)n2)ccc1O. The van der Waals surface area contributed by atoms with Crippen LogP contribution in [-0.2, 0) is 0 Å². The van der Waals surface area contributed by atoms with Crippen molar-refractivity contribution in [3.63, 3.8) is 0 Å². The van der Waals surface area contributed by atoms with Crippen LogP contribution in [0.5, 0.6) is 11.5 Å². The second-order valence-electron chi connectivity index (χ2n) is 4.79. The van der Waals surface area contributed by atoms with E-state index >= 15 is 0 Å². The molecule has 116 valence electrons. The minimum atomic E-state index is 0.113. The Bertz CT molecular complexity index is 844. The van der Waals surface area contributed by atoms with E-state index in [4.69, 9.17) is 4.74 Å². The molecule has 0 bridgehead atoms. The fourth-order valence-electron chi connectivity index (χ4n) is 2.10. The standard InChI is InChI=1S/C17H15N3O2S/c1-22-15-10-12(6-8-14(15)21)5-7-13-11-17(23)20(19-13)16-4-2-3-9-18-16/h2-11,21,23H,1H3. The predicted molar refractivity (Wildman–Crippen MR) is 92.2 cm³/mol. The first-order valence-corrected chi connectivity index (χ1v) is 7.37. The summed E-state index contributed by atoms with van der Waals surface area (Å²) < 4.78 is 6.76. The summed E-state index contributed by atoms with van der Waals surface area (Å²) >= 11 is 4.43. The van der Waals surface area contributed by atoms with Gasteiger partial charge in [0.15, 0.2) is 17.3 Å². The molecule has 5 nitrogen and oxygen atoms in total. The molecule has 2 heterocycles. The monoisotopic (exact) mass is 325 g/mol. The molecular weight excluding hydrogens is 310 g/mol. The molecule has 0 fully saturated rings. The summed E-state index contributed by atoms with van der Waals surface area (Å²) in [5.74, 6) is 1.26. The van der Waals surface area contributed by atoms with E-state index in [1.54, 1.807) is 29.1 Å². The van der Waals surface area contributed by atoms with Crippen LogP contribution in [0.1, 0.15) is 11.3 Å². The van der Waals surface area contributed by atoms with Gasteiger partial charge in [-0.3, -0.25) is 0 Å². The van der Waals surface area contributed by atoms with Crippen LogP contribution in [-0.4, -0.2) is 27.0 Å². The normalized spacial score (nSPS) is 11.0. The number of pyridine rings is 1. The summed E-state index contributed by atoms with van der Waals surface area (Å²) in [6, 6.07) is 12.6. The summed E-state index contributed by atoms with van der Waals surface area (Å²) in [5.41, 5.74) is 1.65. The number of phenolic OH excluding ortho intramolecular Hbond substituents is 1. The minimum Gasteiger partial charge on any atom is -0.504 e. The number of hydrogen-bond acceptors (Lipinski definition) is 5. The summed E-state index contributed by atoms with van der Waals surface area (Å²) in [6.45, 7) is 0. The Morgan fingerprint density at radius 3 is 2.78 bits per heavy atom. The number of thiol groups is 1. The lowest BCUT2D eigenvalue weighted by Gasteiger charge is -2.03. The minimum absolute atomic E-state index is 0.113. The first-order chi connectivity index (χ1) is 11.2. The number of benzene rings is 1. The van der Waals surface area contributed by atoms with Gasteiger partial charge in [0.05, 0.1) is 17.8 Å². The van der Waals surface area contributed by atoms with Gasteiger partial charge in [0.1, 0.15) is 0 Å². The van der Waals surface area contributed by atoms with Crippen molar-refractivity contribution in [3.8, 4) is 17.3 Å². The van der Waals surface area contributed by atoms with Crippen LogP contribution < -0.4 is 4.74 Å². The number of methoxy groups -OCH3 is 1. The molecule has 0 aliphatic heterocycles. The van der Waals surface area contributed by atoms with Crippen LogP contribution >= 0.6 is 12.6 Å². The number of hydrogen-bond donors (Lipinski definition) is 2. The molecule has 3 aromatic rings. The van der Waals surface area contributed by atoms with E-state index in [2.05, 4.69) is 22.7 Å². The zero-order chi connectivity index (χ0) is 16.2. The molecule has 0 amide bonds.